The Hall–Kier alpha value is -2.30. The first kappa shape index (κ1) is 12.7. The van der Waals surface area contributed by atoms with Crippen LogP contribution in [0.4, 0.5) is 0 Å². The van der Waals surface area contributed by atoms with E-state index in [1.54, 1.807) is 0 Å². The zero-order valence-corrected chi connectivity index (χ0v) is 11.5. The first-order valence-corrected chi connectivity index (χ1v) is 6.55. The van der Waals surface area contributed by atoms with E-state index in [1.165, 1.54) is 7.11 Å². The molecule has 0 spiro atoms. The molecule has 1 unspecified atom stereocenters. The lowest BCUT2D eigenvalue weighted by atomic mass is 9.96. The highest BCUT2D eigenvalue weighted by atomic mass is 16.5. The van der Waals surface area contributed by atoms with Gasteiger partial charge in [-0.25, -0.2) is 0 Å². The second kappa shape index (κ2) is 4.67. The Labute approximate surface area is 116 Å². The number of methoxy groups -OCH3 is 1. The van der Waals surface area contributed by atoms with Crippen molar-refractivity contribution in [2.24, 2.45) is 7.05 Å². The van der Waals surface area contributed by atoms with Gasteiger partial charge in [-0.3, -0.25) is 9.59 Å². The fraction of sp³-hybridized carbons (Fsp3) is 0.333. The van der Waals surface area contributed by atoms with Crippen LogP contribution in [0.15, 0.2) is 24.3 Å². The quantitative estimate of drug-likeness (QED) is 0.841. The number of carbonyl (C=O) groups excluding carboxylic acids is 2. The van der Waals surface area contributed by atoms with E-state index >= 15 is 0 Å². The molecular weight excluding hydrogens is 256 g/mol. The van der Waals surface area contributed by atoms with Gasteiger partial charge in [0.05, 0.1) is 13.5 Å². The number of para-hydroxylation sites is 1. The van der Waals surface area contributed by atoms with Crippen LogP contribution in [0.2, 0.25) is 0 Å². The van der Waals surface area contributed by atoms with Crippen molar-refractivity contribution in [3.8, 4) is 0 Å². The van der Waals surface area contributed by atoms with Gasteiger partial charge in [-0.05, 0) is 18.1 Å². The van der Waals surface area contributed by atoms with E-state index in [4.69, 9.17) is 0 Å². The van der Waals surface area contributed by atoms with Crippen molar-refractivity contribution in [3.63, 3.8) is 0 Å². The summed E-state index contributed by atoms with van der Waals surface area (Å²) in [5.41, 5.74) is 2.74. The number of aryl methyl sites for hydroxylation is 1. The summed E-state index contributed by atoms with van der Waals surface area (Å²) in [5, 5.41) is 3.96. The number of fused-ring (bicyclic) bond motifs is 3. The van der Waals surface area contributed by atoms with Crippen molar-refractivity contribution < 1.29 is 14.3 Å². The Morgan fingerprint density at radius 3 is 2.95 bits per heavy atom. The summed E-state index contributed by atoms with van der Waals surface area (Å²) >= 11 is 0. The van der Waals surface area contributed by atoms with E-state index < -0.39 is 0 Å². The lowest BCUT2D eigenvalue weighted by Gasteiger charge is -2.23. The first-order valence-electron chi connectivity index (χ1n) is 6.55. The van der Waals surface area contributed by atoms with Gasteiger partial charge in [0.2, 0.25) is 0 Å². The number of benzene rings is 1. The number of hydrogen-bond acceptors (Lipinski definition) is 3. The molecule has 1 atom stereocenters. The van der Waals surface area contributed by atoms with Gasteiger partial charge in [0, 0.05) is 24.0 Å². The van der Waals surface area contributed by atoms with Crippen LogP contribution < -0.4 is 5.32 Å². The van der Waals surface area contributed by atoms with E-state index in [0.717, 1.165) is 16.5 Å². The number of carbonyl (C=O) groups is 2. The predicted octanol–water partition coefficient (Wildman–Crippen LogP) is 1.40. The highest BCUT2D eigenvalue weighted by Crippen LogP contribution is 2.29. The number of esters is 1. The Bertz CT molecular complexity index is 702. The third-order valence-electron chi connectivity index (χ3n) is 3.85. The molecule has 0 saturated carbocycles. The third kappa shape index (κ3) is 1.86. The highest BCUT2D eigenvalue weighted by molar-refractivity contribution is 6.03. The van der Waals surface area contributed by atoms with Crippen LogP contribution in [0, 0.1) is 0 Å². The fourth-order valence-corrected chi connectivity index (χ4v) is 2.93. The van der Waals surface area contributed by atoms with Crippen LogP contribution in [0.25, 0.3) is 10.9 Å². The molecule has 2 heterocycles. The molecular formula is C15H16N2O3. The molecule has 5 heteroatoms. The number of amides is 1. The summed E-state index contributed by atoms with van der Waals surface area (Å²) in [5.74, 6) is -0.433. The molecule has 2 aromatic rings. The highest BCUT2D eigenvalue weighted by Gasteiger charge is 2.30. The lowest BCUT2D eigenvalue weighted by Crippen LogP contribution is -2.43. The van der Waals surface area contributed by atoms with E-state index in [1.807, 2.05) is 35.9 Å². The van der Waals surface area contributed by atoms with Crippen molar-refractivity contribution in [1.29, 1.82) is 0 Å². The minimum absolute atomic E-state index is 0.126. The molecule has 0 fully saturated rings. The molecule has 0 radical (unpaired) electrons. The maximum atomic E-state index is 12.3. The summed E-state index contributed by atoms with van der Waals surface area (Å²) in [6, 6.07) is 7.73. The number of rotatable bonds is 2. The van der Waals surface area contributed by atoms with E-state index in [0.29, 0.717) is 12.1 Å². The van der Waals surface area contributed by atoms with E-state index in [-0.39, 0.29) is 24.3 Å². The van der Waals surface area contributed by atoms with Gasteiger partial charge in [-0.15, -0.1) is 0 Å². The maximum absolute atomic E-state index is 12.3. The molecule has 1 aromatic heterocycles. The molecule has 1 aliphatic rings. The summed E-state index contributed by atoms with van der Waals surface area (Å²) in [6.07, 6.45) is 0.850. The van der Waals surface area contributed by atoms with Crippen molar-refractivity contribution >= 4 is 22.8 Å². The van der Waals surface area contributed by atoms with Crippen molar-refractivity contribution in [2.45, 2.75) is 18.9 Å². The topological polar surface area (TPSA) is 60.3 Å². The van der Waals surface area contributed by atoms with Gasteiger partial charge in [0.1, 0.15) is 5.69 Å². The first-order chi connectivity index (χ1) is 9.61. The van der Waals surface area contributed by atoms with Gasteiger partial charge in [0.15, 0.2) is 0 Å². The van der Waals surface area contributed by atoms with Crippen LogP contribution in [-0.4, -0.2) is 29.6 Å². The predicted molar refractivity (Wildman–Crippen MR) is 74.5 cm³/mol. The molecule has 0 bridgehead atoms. The largest absolute Gasteiger partial charge is 0.469 e. The van der Waals surface area contributed by atoms with Gasteiger partial charge in [-0.1, -0.05) is 18.2 Å². The number of nitrogens with one attached hydrogen (secondary N) is 1. The smallest absolute Gasteiger partial charge is 0.307 e. The number of aromatic nitrogens is 1. The molecule has 0 saturated heterocycles. The van der Waals surface area contributed by atoms with Crippen LogP contribution >= 0.6 is 0 Å². The molecule has 3 rings (SSSR count). The average Bonchev–Trinajstić information content (AvgIpc) is 2.73. The van der Waals surface area contributed by atoms with Crippen molar-refractivity contribution in [3.05, 3.63) is 35.5 Å². The van der Waals surface area contributed by atoms with Gasteiger partial charge in [0.25, 0.3) is 5.91 Å². The third-order valence-corrected chi connectivity index (χ3v) is 3.85. The minimum atomic E-state index is -0.306. The Morgan fingerprint density at radius 2 is 2.20 bits per heavy atom. The minimum Gasteiger partial charge on any atom is -0.469 e. The van der Waals surface area contributed by atoms with Gasteiger partial charge in [-0.2, -0.15) is 0 Å². The van der Waals surface area contributed by atoms with Crippen molar-refractivity contribution in [1.82, 2.24) is 9.88 Å². The summed E-state index contributed by atoms with van der Waals surface area (Å²) in [7, 11) is 3.25. The molecule has 1 N–H and O–H groups in total. The molecule has 1 aromatic carbocycles. The Kier molecular flexibility index (Phi) is 2.97. The molecule has 20 heavy (non-hydrogen) atoms. The summed E-state index contributed by atoms with van der Waals surface area (Å²) < 4.78 is 6.58. The zero-order chi connectivity index (χ0) is 14.3. The monoisotopic (exact) mass is 272 g/mol. The molecule has 104 valence electrons. The van der Waals surface area contributed by atoms with Crippen LogP contribution in [0.5, 0.6) is 0 Å². The lowest BCUT2D eigenvalue weighted by molar-refractivity contribution is -0.141. The maximum Gasteiger partial charge on any atom is 0.307 e. The fourth-order valence-electron chi connectivity index (χ4n) is 2.93. The molecule has 1 aliphatic heterocycles. The van der Waals surface area contributed by atoms with Gasteiger partial charge >= 0.3 is 5.97 Å². The molecule has 1 amide bonds. The zero-order valence-electron chi connectivity index (χ0n) is 11.5. The normalized spacial score (nSPS) is 17.7. The molecule has 5 nitrogen and oxygen atoms in total. The summed E-state index contributed by atoms with van der Waals surface area (Å²) in [4.78, 5) is 23.7. The second-order valence-corrected chi connectivity index (χ2v) is 5.06. The Morgan fingerprint density at radius 1 is 1.45 bits per heavy atom. The SMILES string of the molecule is COC(=O)CC1Cc2c(n(C)c3ccccc23)C(=O)N1. The van der Waals surface area contributed by atoms with Crippen molar-refractivity contribution in [2.75, 3.05) is 7.11 Å². The second-order valence-electron chi connectivity index (χ2n) is 5.06. The number of nitrogens with zero attached hydrogens (tertiary/aromatic N) is 1. The summed E-state index contributed by atoms with van der Waals surface area (Å²) in [6.45, 7) is 0. The van der Waals surface area contributed by atoms with Gasteiger partial charge < -0.3 is 14.6 Å². The van der Waals surface area contributed by atoms with E-state index in [2.05, 4.69) is 10.1 Å². The standard InChI is InChI=1S/C15H16N2O3/c1-17-12-6-4-3-5-10(12)11-7-9(8-13(18)20-2)16-15(19)14(11)17/h3-6,9H,7-8H2,1-2H3,(H,16,19). The van der Waals surface area contributed by atoms with Crippen LogP contribution in [-0.2, 0) is 23.0 Å². The molecule has 0 aliphatic carbocycles. The Balaban J connectivity index is 2.05. The number of ether oxygens (including phenoxy) is 1. The van der Waals surface area contributed by atoms with E-state index in [9.17, 15) is 9.59 Å². The van der Waals surface area contributed by atoms with Crippen LogP contribution in [0.1, 0.15) is 22.5 Å². The number of hydrogen-bond donors (Lipinski definition) is 1. The average molecular weight is 272 g/mol. The van der Waals surface area contributed by atoms with Crippen LogP contribution in [0.3, 0.4) is 0 Å².